The van der Waals surface area contributed by atoms with Crippen LogP contribution in [0.4, 0.5) is 0 Å². The van der Waals surface area contributed by atoms with Gasteiger partial charge in [0.15, 0.2) is 11.5 Å². The number of nitrogens with one attached hydrogen (secondary N) is 1. The molecule has 1 saturated heterocycles. The zero-order valence-electron chi connectivity index (χ0n) is 15.2. The van der Waals surface area contributed by atoms with Gasteiger partial charge in [-0.2, -0.15) is 0 Å². The molecule has 2 amide bonds. The van der Waals surface area contributed by atoms with Gasteiger partial charge in [0, 0.05) is 28.4 Å². The summed E-state index contributed by atoms with van der Waals surface area (Å²) in [6, 6.07) is 7.73. The quantitative estimate of drug-likeness (QED) is 0.778. The van der Waals surface area contributed by atoms with Crippen LogP contribution in [0.25, 0.3) is 10.4 Å². The van der Waals surface area contributed by atoms with Crippen molar-refractivity contribution in [3.8, 4) is 21.9 Å². The average Bonchev–Trinajstić information content (AvgIpc) is 2.96. The van der Waals surface area contributed by atoms with Gasteiger partial charge >= 0.3 is 0 Å². The number of rotatable bonds is 2. The number of piperidine rings is 1. The Balaban J connectivity index is 1.63. The molecule has 0 spiro atoms. The molecule has 1 atom stereocenters. The molecule has 6 nitrogen and oxygen atoms in total. The van der Waals surface area contributed by atoms with E-state index in [0.717, 1.165) is 22.4 Å². The second kappa shape index (κ2) is 7.23. The van der Waals surface area contributed by atoms with E-state index in [1.807, 2.05) is 25.1 Å². The van der Waals surface area contributed by atoms with Gasteiger partial charge in [-0.25, -0.2) is 0 Å². The zero-order valence-corrected chi connectivity index (χ0v) is 16.0. The summed E-state index contributed by atoms with van der Waals surface area (Å²) in [5.74, 6) is -0.478. The number of aryl methyl sites for hydroxylation is 1. The Morgan fingerprint density at radius 1 is 1.37 bits per heavy atom. The van der Waals surface area contributed by atoms with Crippen molar-refractivity contribution in [1.82, 2.24) is 10.2 Å². The van der Waals surface area contributed by atoms with Crippen LogP contribution in [0.1, 0.15) is 23.3 Å². The molecule has 1 aromatic carbocycles. The molecule has 0 saturated carbocycles. The Hall–Kier alpha value is -2.54. The number of ether oxygens (including phenoxy) is 1. The Labute approximate surface area is 161 Å². The lowest BCUT2D eigenvalue weighted by atomic mass is 9.96. The molecule has 3 heterocycles. The van der Waals surface area contributed by atoms with E-state index in [1.165, 1.54) is 4.88 Å². The number of nitrogens with zero attached hydrogens (tertiary/aromatic N) is 1. The summed E-state index contributed by atoms with van der Waals surface area (Å²) in [5.41, 5.74) is 1.66. The Morgan fingerprint density at radius 3 is 2.96 bits per heavy atom. The minimum absolute atomic E-state index is 0.0817. The molecule has 1 aromatic heterocycles. The highest BCUT2D eigenvalue weighted by atomic mass is 32.1. The van der Waals surface area contributed by atoms with Crippen molar-refractivity contribution in [2.45, 2.75) is 26.3 Å². The van der Waals surface area contributed by atoms with Crippen LogP contribution in [0.2, 0.25) is 0 Å². The lowest BCUT2D eigenvalue weighted by Gasteiger charge is -2.27. The van der Waals surface area contributed by atoms with Gasteiger partial charge < -0.3 is 20.1 Å². The van der Waals surface area contributed by atoms with Crippen LogP contribution in [0.3, 0.4) is 0 Å². The molecule has 142 valence electrons. The van der Waals surface area contributed by atoms with E-state index in [2.05, 4.69) is 5.32 Å². The Morgan fingerprint density at radius 2 is 2.22 bits per heavy atom. The fourth-order valence-electron chi connectivity index (χ4n) is 3.65. The number of amides is 2. The maximum Gasteiger partial charge on any atom is 0.235 e. The highest BCUT2D eigenvalue weighted by Gasteiger charge is 2.34. The summed E-state index contributed by atoms with van der Waals surface area (Å²) in [6.07, 6.45) is 1.39. The number of benzene rings is 1. The SMILES string of the molecule is Cc1ccc(-c2cc(O)c3c(c2)CN(C(=O)C2CCCNC2=O)CCO3)s1. The largest absolute Gasteiger partial charge is 0.504 e. The minimum atomic E-state index is -0.628. The van der Waals surface area contributed by atoms with Crippen LogP contribution in [0.5, 0.6) is 11.5 Å². The van der Waals surface area contributed by atoms with Gasteiger partial charge in [0.25, 0.3) is 0 Å². The molecule has 2 aliphatic heterocycles. The number of fused-ring (bicyclic) bond motifs is 1. The van der Waals surface area contributed by atoms with Crippen molar-refractivity contribution in [2.75, 3.05) is 19.7 Å². The average molecular weight is 386 g/mol. The van der Waals surface area contributed by atoms with Crippen LogP contribution in [-0.2, 0) is 16.1 Å². The first-order valence-electron chi connectivity index (χ1n) is 9.15. The van der Waals surface area contributed by atoms with Crippen molar-refractivity contribution in [3.05, 3.63) is 34.7 Å². The number of hydrogen-bond acceptors (Lipinski definition) is 5. The van der Waals surface area contributed by atoms with E-state index >= 15 is 0 Å². The predicted octanol–water partition coefficient (Wildman–Crippen LogP) is 2.68. The van der Waals surface area contributed by atoms with Crippen molar-refractivity contribution in [1.29, 1.82) is 0 Å². The monoisotopic (exact) mass is 386 g/mol. The van der Waals surface area contributed by atoms with Crippen molar-refractivity contribution in [2.24, 2.45) is 5.92 Å². The molecule has 2 N–H and O–H groups in total. The zero-order chi connectivity index (χ0) is 19.0. The van der Waals surface area contributed by atoms with E-state index in [-0.39, 0.29) is 24.2 Å². The predicted molar refractivity (Wildman–Crippen MR) is 103 cm³/mol. The number of hydrogen-bond donors (Lipinski definition) is 2. The maximum absolute atomic E-state index is 12.9. The second-order valence-corrected chi connectivity index (χ2v) is 8.28. The van der Waals surface area contributed by atoms with Crippen molar-refractivity contribution >= 4 is 23.2 Å². The van der Waals surface area contributed by atoms with Crippen LogP contribution in [0.15, 0.2) is 24.3 Å². The molecular weight excluding hydrogens is 364 g/mol. The normalized spacial score (nSPS) is 19.7. The van der Waals surface area contributed by atoms with Gasteiger partial charge in [0.05, 0.1) is 6.54 Å². The Kier molecular flexibility index (Phi) is 4.78. The van der Waals surface area contributed by atoms with Crippen LogP contribution < -0.4 is 10.1 Å². The van der Waals surface area contributed by atoms with Gasteiger partial charge in [0.2, 0.25) is 11.8 Å². The van der Waals surface area contributed by atoms with E-state index in [1.54, 1.807) is 22.3 Å². The van der Waals surface area contributed by atoms with E-state index < -0.39 is 5.92 Å². The van der Waals surface area contributed by atoms with Crippen LogP contribution in [0, 0.1) is 12.8 Å². The number of phenolic OH excluding ortho intramolecular Hbond substituents is 1. The summed E-state index contributed by atoms with van der Waals surface area (Å²) in [4.78, 5) is 28.9. The third-order valence-electron chi connectivity index (χ3n) is 5.03. The van der Waals surface area contributed by atoms with Gasteiger partial charge in [-0.1, -0.05) is 0 Å². The topological polar surface area (TPSA) is 78.9 Å². The summed E-state index contributed by atoms with van der Waals surface area (Å²) in [7, 11) is 0. The number of carbonyl (C=O) groups excluding carboxylic acids is 2. The molecule has 27 heavy (non-hydrogen) atoms. The molecule has 1 unspecified atom stereocenters. The van der Waals surface area contributed by atoms with Crippen LogP contribution in [-0.4, -0.2) is 41.5 Å². The summed E-state index contributed by atoms with van der Waals surface area (Å²) >= 11 is 1.65. The summed E-state index contributed by atoms with van der Waals surface area (Å²) in [5, 5.41) is 13.2. The molecule has 4 rings (SSSR count). The first kappa shape index (κ1) is 17.9. The standard InChI is InChI=1S/C20H22N2O4S/c1-12-4-5-17(27-12)13-9-14-11-22(7-8-26-18(14)16(23)10-13)20(25)15-3-2-6-21-19(15)24/h4-5,9-10,15,23H,2-3,6-8,11H2,1H3,(H,21,24). The molecule has 2 aliphatic rings. The molecule has 7 heteroatoms. The third-order valence-corrected chi connectivity index (χ3v) is 6.08. The minimum Gasteiger partial charge on any atom is -0.504 e. The first-order chi connectivity index (χ1) is 13.0. The molecule has 2 aromatic rings. The van der Waals surface area contributed by atoms with Crippen molar-refractivity contribution < 1.29 is 19.4 Å². The molecule has 1 fully saturated rings. The van der Waals surface area contributed by atoms with E-state index in [4.69, 9.17) is 4.74 Å². The number of thiophene rings is 1. The van der Waals surface area contributed by atoms with Gasteiger partial charge in [-0.15, -0.1) is 11.3 Å². The fraction of sp³-hybridized carbons (Fsp3) is 0.400. The van der Waals surface area contributed by atoms with E-state index in [0.29, 0.717) is 31.8 Å². The van der Waals surface area contributed by atoms with Crippen LogP contribution >= 0.6 is 11.3 Å². The summed E-state index contributed by atoms with van der Waals surface area (Å²) < 4.78 is 5.73. The van der Waals surface area contributed by atoms with Gasteiger partial charge in [-0.05, 0) is 49.6 Å². The first-order valence-corrected chi connectivity index (χ1v) is 9.96. The number of phenols is 1. The number of carbonyl (C=O) groups is 2. The van der Waals surface area contributed by atoms with Gasteiger partial charge in [0.1, 0.15) is 12.5 Å². The lowest BCUT2D eigenvalue weighted by Crippen LogP contribution is -2.47. The smallest absolute Gasteiger partial charge is 0.235 e. The number of aromatic hydroxyl groups is 1. The van der Waals surface area contributed by atoms with E-state index in [9.17, 15) is 14.7 Å². The Bertz CT molecular complexity index is 892. The van der Waals surface area contributed by atoms with Gasteiger partial charge in [-0.3, -0.25) is 9.59 Å². The highest BCUT2D eigenvalue weighted by Crippen LogP contribution is 2.39. The molecule has 0 radical (unpaired) electrons. The third kappa shape index (κ3) is 3.51. The molecular formula is C20H22N2O4S. The molecule has 0 aliphatic carbocycles. The highest BCUT2D eigenvalue weighted by molar-refractivity contribution is 7.15. The fourth-order valence-corrected chi connectivity index (χ4v) is 4.50. The summed E-state index contributed by atoms with van der Waals surface area (Å²) in [6.45, 7) is 3.67. The maximum atomic E-state index is 12.9. The molecule has 0 bridgehead atoms. The van der Waals surface area contributed by atoms with Crippen molar-refractivity contribution in [3.63, 3.8) is 0 Å². The second-order valence-electron chi connectivity index (χ2n) is 6.99. The lowest BCUT2D eigenvalue weighted by molar-refractivity contribution is -0.144.